The lowest BCUT2D eigenvalue weighted by Gasteiger charge is -2.21. The average Bonchev–Trinajstić information content (AvgIpc) is 1.01. The first-order valence-electron chi connectivity index (χ1n) is 40.8. The molecule has 576 valence electrons. The van der Waals surface area contributed by atoms with Crippen molar-refractivity contribution >= 4 is 39.5 Å². The van der Waals surface area contributed by atoms with Gasteiger partial charge >= 0.3 is 39.5 Å². The largest absolute Gasteiger partial charge is 0.472 e. The molecule has 0 aliphatic rings. The molecule has 0 saturated heterocycles. The van der Waals surface area contributed by atoms with Crippen molar-refractivity contribution in [3.05, 3.63) is 0 Å². The maximum atomic E-state index is 13.1. The molecule has 17 nitrogen and oxygen atoms in total. The van der Waals surface area contributed by atoms with Crippen LogP contribution in [-0.4, -0.2) is 96.7 Å². The fourth-order valence-electron chi connectivity index (χ4n) is 12.1. The van der Waals surface area contributed by atoms with Gasteiger partial charge in [0, 0.05) is 25.7 Å². The molecule has 0 aromatic carbocycles. The Labute approximate surface area is 594 Å². The number of aliphatic hydroxyl groups excluding tert-OH is 1. The second-order valence-electron chi connectivity index (χ2n) is 28.1. The lowest BCUT2D eigenvalue weighted by Crippen LogP contribution is -2.30. The quantitative estimate of drug-likeness (QED) is 0.0222. The van der Waals surface area contributed by atoms with Crippen molar-refractivity contribution in [1.29, 1.82) is 0 Å². The van der Waals surface area contributed by atoms with Crippen molar-refractivity contribution in [2.75, 3.05) is 39.6 Å². The normalized spacial score (nSPS) is 13.8. The van der Waals surface area contributed by atoms with E-state index in [1.807, 2.05) is 0 Å². The van der Waals surface area contributed by atoms with Gasteiger partial charge in [-0.1, -0.05) is 368 Å². The van der Waals surface area contributed by atoms with Crippen LogP contribution in [0, 0.1) is 0 Å². The van der Waals surface area contributed by atoms with Crippen LogP contribution in [0.3, 0.4) is 0 Å². The number of aliphatic hydroxyl groups is 1. The molecule has 97 heavy (non-hydrogen) atoms. The SMILES string of the molecule is CCCCCCCCCCCCCCCCCCCCCCCCC(=O)O[C@H](COC(=O)CCCCCCCCCCCCCCCCCC)COP(=O)(O)OC[C@@H](O)COP(=O)(O)OC[C@@H](COC(=O)CCCCCCCCCCC)OC(=O)CCCCCCCCCCCC. The van der Waals surface area contributed by atoms with Crippen molar-refractivity contribution in [2.45, 2.75) is 438 Å². The van der Waals surface area contributed by atoms with Crippen LogP contribution in [0.4, 0.5) is 0 Å². The van der Waals surface area contributed by atoms with Gasteiger partial charge in [0.05, 0.1) is 26.4 Å². The Balaban J connectivity index is 5.16. The summed E-state index contributed by atoms with van der Waals surface area (Å²) in [5.74, 6) is -2.11. The molecule has 0 heterocycles. The highest BCUT2D eigenvalue weighted by molar-refractivity contribution is 7.47. The van der Waals surface area contributed by atoms with E-state index in [-0.39, 0.29) is 25.7 Å². The number of phosphoric acid groups is 2. The Morgan fingerprint density at radius 3 is 0.608 bits per heavy atom. The van der Waals surface area contributed by atoms with E-state index in [0.29, 0.717) is 25.7 Å². The maximum Gasteiger partial charge on any atom is 0.472 e. The highest BCUT2D eigenvalue weighted by Crippen LogP contribution is 2.45. The monoisotopic (exact) mass is 1420 g/mol. The van der Waals surface area contributed by atoms with Crippen molar-refractivity contribution in [1.82, 2.24) is 0 Å². The number of ether oxygens (including phenoxy) is 4. The molecule has 3 N–H and O–H groups in total. The van der Waals surface area contributed by atoms with E-state index in [4.69, 9.17) is 37.0 Å². The summed E-state index contributed by atoms with van der Waals surface area (Å²) in [5, 5.41) is 10.6. The summed E-state index contributed by atoms with van der Waals surface area (Å²) in [6.45, 7) is 4.97. The molecule has 0 saturated carbocycles. The third kappa shape index (κ3) is 72.2. The molecular weight excluding hydrogens is 1270 g/mol. The average molecular weight is 1420 g/mol. The van der Waals surface area contributed by atoms with Crippen LogP contribution in [-0.2, 0) is 65.4 Å². The van der Waals surface area contributed by atoms with E-state index in [2.05, 4.69) is 27.7 Å². The number of carbonyl (C=O) groups excluding carboxylic acids is 4. The summed E-state index contributed by atoms with van der Waals surface area (Å²) in [5.41, 5.74) is 0. The van der Waals surface area contributed by atoms with Crippen LogP contribution < -0.4 is 0 Å². The zero-order chi connectivity index (χ0) is 71.1. The molecule has 0 rings (SSSR count). The maximum absolute atomic E-state index is 13.1. The molecule has 19 heteroatoms. The van der Waals surface area contributed by atoms with Gasteiger partial charge in [0.15, 0.2) is 12.2 Å². The van der Waals surface area contributed by atoms with Gasteiger partial charge in [-0.3, -0.25) is 37.3 Å². The first kappa shape index (κ1) is 95.1. The predicted molar refractivity (Wildman–Crippen MR) is 395 cm³/mol. The molecular formula is C78H152O17P2. The van der Waals surface area contributed by atoms with Gasteiger partial charge in [-0.15, -0.1) is 0 Å². The summed E-state index contributed by atoms with van der Waals surface area (Å²) in [4.78, 5) is 72.8. The van der Waals surface area contributed by atoms with Gasteiger partial charge < -0.3 is 33.8 Å². The number of hydrogen-bond acceptors (Lipinski definition) is 15. The summed E-state index contributed by atoms with van der Waals surface area (Å²) < 4.78 is 68.5. The predicted octanol–water partition coefficient (Wildman–Crippen LogP) is 23.4. The van der Waals surface area contributed by atoms with Crippen molar-refractivity contribution in [3.8, 4) is 0 Å². The van der Waals surface area contributed by atoms with E-state index < -0.39 is 97.5 Å². The Hall–Kier alpha value is -1.94. The molecule has 0 aromatic heterocycles. The summed E-state index contributed by atoms with van der Waals surface area (Å²) >= 11 is 0. The van der Waals surface area contributed by atoms with Gasteiger partial charge in [-0.25, -0.2) is 9.13 Å². The van der Waals surface area contributed by atoms with Crippen molar-refractivity contribution in [3.63, 3.8) is 0 Å². The Morgan fingerprint density at radius 1 is 0.247 bits per heavy atom. The molecule has 5 atom stereocenters. The van der Waals surface area contributed by atoms with Crippen molar-refractivity contribution < 1.29 is 80.2 Å². The number of phosphoric ester groups is 2. The third-order valence-corrected chi connectivity index (χ3v) is 20.3. The first-order valence-corrected chi connectivity index (χ1v) is 43.8. The summed E-state index contributed by atoms with van der Waals surface area (Å²) in [6.07, 6.45) is 64.0. The van der Waals surface area contributed by atoms with E-state index in [1.165, 1.54) is 250 Å². The lowest BCUT2D eigenvalue weighted by molar-refractivity contribution is -0.161. The van der Waals surface area contributed by atoms with Gasteiger partial charge in [0.1, 0.15) is 19.3 Å². The molecule has 0 radical (unpaired) electrons. The summed E-state index contributed by atoms with van der Waals surface area (Å²) in [6, 6.07) is 0. The number of hydrogen-bond donors (Lipinski definition) is 3. The zero-order valence-corrected chi connectivity index (χ0v) is 64.8. The molecule has 0 spiro atoms. The molecule has 0 fully saturated rings. The van der Waals surface area contributed by atoms with Gasteiger partial charge in [-0.2, -0.15) is 0 Å². The van der Waals surface area contributed by atoms with Gasteiger partial charge in [-0.05, 0) is 25.7 Å². The highest BCUT2D eigenvalue weighted by atomic mass is 31.2. The van der Waals surface area contributed by atoms with Crippen LogP contribution >= 0.6 is 15.6 Å². The van der Waals surface area contributed by atoms with E-state index in [1.54, 1.807) is 0 Å². The minimum atomic E-state index is -4.96. The fourth-order valence-corrected chi connectivity index (χ4v) is 13.7. The van der Waals surface area contributed by atoms with Gasteiger partial charge in [0.25, 0.3) is 0 Å². The third-order valence-electron chi connectivity index (χ3n) is 18.4. The second kappa shape index (κ2) is 72.4. The van der Waals surface area contributed by atoms with E-state index >= 15 is 0 Å². The van der Waals surface area contributed by atoms with Crippen LogP contribution in [0.15, 0.2) is 0 Å². The smallest absolute Gasteiger partial charge is 0.462 e. The zero-order valence-electron chi connectivity index (χ0n) is 63.1. The molecule has 0 aromatic rings. The Kier molecular flexibility index (Phi) is 71.0. The van der Waals surface area contributed by atoms with E-state index in [9.17, 15) is 43.2 Å². The number of esters is 4. The lowest BCUT2D eigenvalue weighted by atomic mass is 10.0. The minimum Gasteiger partial charge on any atom is -0.462 e. The van der Waals surface area contributed by atoms with Crippen molar-refractivity contribution in [2.24, 2.45) is 0 Å². The highest BCUT2D eigenvalue weighted by Gasteiger charge is 2.30. The molecule has 0 amide bonds. The number of unbranched alkanes of at least 4 members (excludes halogenated alkanes) is 53. The summed E-state index contributed by atoms with van der Waals surface area (Å²) in [7, 11) is -9.91. The molecule has 2 unspecified atom stereocenters. The van der Waals surface area contributed by atoms with Crippen LogP contribution in [0.25, 0.3) is 0 Å². The molecule has 0 bridgehead atoms. The van der Waals surface area contributed by atoms with Gasteiger partial charge in [0.2, 0.25) is 0 Å². The Bertz CT molecular complexity index is 1840. The van der Waals surface area contributed by atoms with E-state index in [0.717, 1.165) is 89.9 Å². The van der Waals surface area contributed by atoms with Crippen LogP contribution in [0.5, 0.6) is 0 Å². The second-order valence-corrected chi connectivity index (χ2v) is 31.0. The molecule has 0 aliphatic heterocycles. The topological polar surface area (TPSA) is 237 Å². The van der Waals surface area contributed by atoms with Crippen LogP contribution in [0.1, 0.15) is 419 Å². The fraction of sp³-hybridized carbons (Fsp3) is 0.949. The standard InChI is InChI=1S/C78H152O17P2/c1-5-9-13-17-21-25-28-30-32-34-35-36-37-38-39-41-43-45-49-53-57-61-65-78(83)95-74(69-89-76(81)63-59-55-51-48-44-42-40-33-31-29-26-22-18-14-10-6-2)71-93-97(86,87)91-67-72(79)66-90-96(84,85)92-70-73(68-88-75(80)62-58-54-50-46-24-20-16-12-8-4)94-77(82)64-60-56-52-47-27-23-19-15-11-7-3/h72-74,79H,5-71H2,1-4H3,(H,84,85)(H,86,87)/t72-,73+,74+/m0/s1. The minimum absolute atomic E-state index is 0.107. The number of carbonyl (C=O) groups is 4. The van der Waals surface area contributed by atoms with Crippen LogP contribution in [0.2, 0.25) is 0 Å². The first-order chi connectivity index (χ1) is 47.2. The number of rotatable bonds is 79. The Morgan fingerprint density at radius 2 is 0.412 bits per heavy atom. The molecule has 0 aliphatic carbocycles.